The number of hydrogen-bond donors (Lipinski definition) is 5. The minimum Gasteiger partial charge on any atom is -0.388 e. The third-order valence-corrected chi connectivity index (χ3v) is 6.00. The van der Waals surface area contributed by atoms with Crippen LogP contribution in [-0.2, 0) is 9.47 Å². The molecule has 0 aromatic carbocycles. The van der Waals surface area contributed by atoms with Gasteiger partial charge in [0.25, 0.3) is 0 Å². The Kier molecular flexibility index (Phi) is 9.04. The second kappa shape index (κ2) is 10.7. The van der Waals surface area contributed by atoms with Gasteiger partial charge in [0.1, 0.15) is 24.4 Å². The SMILES string of the molecule is CC(C)=CCC/C(C)=C/C[C@H](O)/C(C)=C/[C@H](O)[C@]12O[C@H]1[C@H](O)C(COC(C)(C)O)=C[C@@H]2O. The van der Waals surface area contributed by atoms with Crippen molar-refractivity contribution in [1.29, 1.82) is 0 Å². The number of fused-ring (bicyclic) bond motifs is 1. The van der Waals surface area contributed by atoms with Crippen LogP contribution in [0.15, 0.2) is 46.6 Å². The summed E-state index contributed by atoms with van der Waals surface area (Å²) in [7, 11) is 0. The maximum Gasteiger partial charge on any atom is 0.160 e. The molecule has 7 nitrogen and oxygen atoms in total. The van der Waals surface area contributed by atoms with Crippen LogP contribution in [-0.4, -0.2) is 74.0 Å². The molecule has 1 aliphatic heterocycles. The summed E-state index contributed by atoms with van der Waals surface area (Å²) in [5.41, 5.74) is 2.08. The van der Waals surface area contributed by atoms with E-state index in [1.165, 1.54) is 37.1 Å². The molecule has 2 rings (SSSR count). The fourth-order valence-electron chi connectivity index (χ4n) is 3.85. The predicted octanol–water partition coefficient (Wildman–Crippen LogP) is 2.28. The van der Waals surface area contributed by atoms with Gasteiger partial charge in [0.2, 0.25) is 0 Å². The lowest BCUT2D eigenvalue weighted by molar-refractivity contribution is -0.171. The van der Waals surface area contributed by atoms with Crippen molar-refractivity contribution in [3.63, 3.8) is 0 Å². The molecule has 0 aromatic heterocycles. The molecule has 0 aromatic rings. The number of epoxide rings is 1. The lowest BCUT2D eigenvalue weighted by Gasteiger charge is -2.30. The Labute approximate surface area is 191 Å². The fraction of sp³-hybridized carbons (Fsp3) is 0.680. The summed E-state index contributed by atoms with van der Waals surface area (Å²) in [4.78, 5) is 0. The first-order valence-corrected chi connectivity index (χ1v) is 11.2. The zero-order chi connectivity index (χ0) is 24.3. The molecule has 182 valence electrons. The van der Waals surface area contributed by atoms with Crippen molar-refractivity contribution in [3.05, 3.63) is 46.6 Å². The van der Waals surface area contributed by atoms with Gasteiger partial charge in [0.15, 0.2) is 11.4 Å². The number of aliphatic hydroxyl groups is 5. The summed E-state index contributed by atoms with van der Waals surface area (Å²) < 4.78 is 10.9. The number of ether oxygens (including phenoxy) is 2. The summed E-state index contributed by atoms with van der Waals surface area (Å²) in [5.74, 6) is -1.38. The first kappa shape index (κ1) is 26.9. The van der Waals surface area contributed by atoms with Crippen molar-refractivity contribution >= 4 is 0 Å². The Hall–Kier alpha value is -1.32. The molecule has 1 aliphatic carbocycles. The fourth-order valence-corrected chi connectivity index (χ4v) is 3.85. The molecule has 0 amide bonds. The first-order valence-electron chi connectivity index (χ1n) is 11.2. The summed E-state index contributed by atoms with van der Waals surface area (Å²) in [5, 5.41) is 52.1. The van der Waals surface area contributed by atoms with E-state index in [1.807, 2.05) is 13.0 Å². The van der Waals surface area contributed by atoms with Gasteiger partial charge in [-0.1, -0.05) is 29.4 Å². The van der Waals surface area contributed by atoms with Crippen molar-refractivity contribution in [1.82, 2.24) is 0 Å². The highest BCUT2D eigenvalue weighted by Crippen LogP contribution is 2.50. The molecule has 32 heavy (non-hydrogen) atoms. The van der Waals surface area contributed by atoms with Gasteiger partial charge in [-0.05, 0) is 78.0 Å². The number of hydrogen-bond acceptors (Lipinski definition) is 7. The monoisotopic (exact) mass is 452 g/mol. The van der Waals surface area contributed by atoms with E-state index in [0.29, 0.717) is 17.6 Å². The molecule has 6 atom stereocenters. The van der Waals surface area contributed by atoms with Gasteiger partial charge in [0.05, 0.1) is 12.7 Å². The van der Waals surface area contributed by atoms with E-state index in [4.69, 9.17) is 9.47 Å². The summed E-state index contributed by atoms with van der Waals surface area (Å²) in [6.07, 6.45) is 4.39. The Morgan fingerprint density at radius 2 is 1.84 bits per heavy atom. The highest BCUT2D eigenvalue weighted by Gasteiger charge is 2.69. The van der Waals surface area contributed by atoms with Crippen LogP contribution in [0.4, 0.5) is 0 Å². The van der Waals surface area contributed by atoms with Crippen LogP contribution in [0.2, 0.25) is 0 Å². The molecular weight excluding hydrogens is 412 g/mol. The predicted molar refractivity (Wildman–Crippen MR) is 123 cm³/mol. The molecule has 1 saturated heterocycles. The van der Waals surface area contributed by atoms with E-state index >= 15 is 0 Å². The molecule has 5 N–H and O–H groups in total. The smallest absolute Gasteiger partial charge is 0.160 e. The number of rotatable bonds is 11. The maximum absolute atomic E-state index is 10.8. The summed E-state index contributed by atoms with van der Waals surface area (Å²) in [6.45, 7) is 10.8. The lowest BCUT2D eigenvalue weighted by atomic mass is 9.81. The van der Waals surface area contributed by atoms with Crippen LogP contribution in [0, 0.1) is 0 Å². The minimum absolute atomic E-state index is 0.0688. The average molecular weight is 453 g/mol. The molecule has 0 bridgehead atoms. The second-order valence-electron chi connectivity index (χ2n) is 9.74. The highest BCUT2D eigenvalue weighted by atomic mass is 16.6. The molecule has 0 spiro atoms. The molecule has 0 unspecified atom stereocenters. The average Bonchev–Trinajstić information content (AvgIpc) is 3.45. The molecule has 0 saturated carbocycles. The Balaban J connectivity index is 2.00. The van der Waals surface area contributed by atoms with E-state index < -0.39 is 41.9 Å². The van der Waals surface area contributed by atoms with Crippen LogP contribution in [0.25, 0.3) is 0 Å². The van der Waals surface area contributed by atoms with Crippen LogP contribution in [0.3, 0.4) is 0 Å². The normalized spacial score (nSPS) is 30.3. The largest absolute Gasteiger partial charge is 0.388 e. The minimum atomic E-state index is -1.38. The van der Waals surface area contributed by atoms with Gasteiger partial charge < -0.3 is 35.0 Å². The number of aliphatic hydroxyl groups excluding tert-OH is 4. The number of allylic oxidation sites excluding steroid dienone is 3. The van der Waals surface area contributed by atoms with Crippen molar-refractivity contribution in [2.75, 3.05) is 6.61 Å². The zero-order valence-electron chi connectivity index (χ0n) is 20.1. The van der Waals surface area contributed by atoms with E-state index in [9.17, 15) is 25.5 Å². The quantitative estimate of drug-likeness (QED) is 0.185. The molecule has 2 aliphatic rings. The van der Waals surface area contributed by atoms with Crippen molar-refractivity contribution in [2.45, 2.75) is 103 Å². The van der Waals surface area contributed by atoms with Gasteiger partial charge in [-0.15, -0.1) is 0 Å². The van der Waals surface area contributed by atoms with E-state index in [0.717, 1.165) is 12.8 Å². The standard InChI is InChI=1S/C25H40O7/c1-15(2)8-7-9-16(3)10-11-19(26)17(4)12-20(27)25-21(28)13-18(14-31-24(5,6)30)22(29)23(25)32-25/h8,10,12-13,19-23,26-30H,7,9,11,14H2,1-6H3/b16-10+,17-12+/t19-,20-,21-,22+,23-,25+/m0/s1. The topological polar surface area (TPSA) is 123 Å². The molecule has 7 heteroatoms. The summed E-state index contributed by atoms with van der Waals surface area (Å²) >= 11 is 0. The molecule has 1 fully saturated rings. The van der Waals surface area contributed by atoms with Gasteiger partial charge >= 0.3 is 0 Å². The van der Waals surface area contributed by atoms with Crippen LogP contribution in [0.5, 0.6) is 0 Å². The molecule has 0 radical (unpaired) electrons. The van der Waals surface area contributed by atoms with Crippen LogP contribution < -0.4 is 0 Å². The van der Waals surface area contributed by atoms with Crippen molar-refractivity contribution < 1.29 is 35.0 Å². The van der Waals surface area contributed by atoms with Gasteiger partial charge in [0, 0.05) is 0 Å². The Bertz CT molecular complexity index is 770. The molecular formula is C25H40O7. The maximum atomic E-state index is 10.8. The van der Waals surface area contributed by atoms with Crippen LogP contribution in [0.1, 0.15) is 60.8 Å². The lowest BCUT2D eigenvalue weighted by Crippen LogP contribution is -2.48. The van der Waals surface area contributed by atoms with Gasteiger partial charge in [-0.3, -0.25) is 0 Å². The van der Waals surface area contributed by atoms with Crippen molar-refractivity contribution in [3.8, 4) is 0 Å². The zero-order valence-corrected chi connectivity index (χ0v) is 20.1. The van der Waals surface area contributed by atoms with E-state index in [2.05, 4.69) is 19.9 Å². The Morgan fingerprint density at radius 3 is 2.44 bits per heavy atom. The highest BCUT2D eigenvalue weighted by molar-refractivity contribution is 5.35. The van der Waals surface area contributed by atoms with E-state index in [1.54, 1.807) is 6.92 Å². The first-order chi connectivity index (χ1) is 14.8. The second-order valence-corrected chi connectivity index (χ2v) is 9.74. The van der Waals surface area contributed by atoms with Crippen molar-refractivity contribution in [2.24, 2.45) is 0 Å². The van der Waals surface area contributed by atoms with Crippen LogP contribution >= 0.6 is 0 Å². The van der Waals surface area contributed by atoms with Gasteiger partial charge in [-0.2, -0.15) is 0 Å². The summed E-state index contributed by atoms with van der Waals surface area (Å²) in [6, 6.07) is 0. The van der Waals surface area contributed by atoms with Gasteiger partial charge in [-0.25, -0.2) is 0 Å². The van der Waals surface area contributed by atoms with E-state index in [-0.39, 0.29) is 6.61 Å². The third-order valence-electron chi connectivity index (χ3n) is 6.00. The third kappa shape index (κ3) is 6.84. The Morgan fingerprint density at radius 1 is 1.19 bits per heavy atom. The molecule has 1 heterocycles.